The Bertz CT molecular complexity index is 103. The van der Waals surface area contributed by atoms with Crippen LogP contribution in [-0.4, -0.2) is 11.9 Å². The molecule has 0 atom stereocenters. The smallest absolute Gasteiger partial charge is 0.0937 e. The molecule has 0 aromatic heterocycles. The molecule has 1 saturated carbocycles. The van der Waals surface area contributed by atoms with Gasteiger partial charge in [0.05, 0.1) is 11.9 Å². The monoisotopic (exact) mass is 112 g/mol. The predicted octanol–water partition coefficient (Wildman–Crippen LogP) is 0.916. The second-order valence-electron chi connectivity index (χ2n) is 2.21. The Morgan fingerprint density at radius 1 is 1.75 bits per heavy atom. The summed E-state index contributed by atoms with van der Waals surface area (Å²) in [7, 11) is 0. The Hall–Kier alpha value is -0.530. The van der Waals surface area contributed by atoms with Crippen LogP contribution >= 0.6 is 0 Å². The topological polar surface area (TPSA) is 38.4 Å². The molecule has 0 heterocycles. The van der Waals surface area contributed by atoms with E-state index in [1.165, 1.54) is 12.8 Å². The van der Waals surface area contributed by atoms with Crippen molar-refractivity contribution in [2.24, 2.45) is 10.7 Å². The fourth-order valence-corrected chi connectivity index (χ4v) is 0.529. The van der Waals surface area contributed by atoms with Crippen LogP contribution in [0.4, 0.5) is 0 Å². The van der Waals surface area contributed by atoms with Crippen LogP contribution in [0.3, 0.4) is 0 Å². The first kappa shape index (κ1) is 5.60. The van der Waals surface area contributed by atoms with Gasteiger partial charge in [-0.3, -0.25) is 4.99 Å². The lowest BCUT2D eigenvalue weighted by molar-refractivity contribution is 1.04. The number of nitrogens with two attached hydrogens (primary N) is 1. The van der Waals surface area contributed by atoms with Crippen molar-refractivity contribution in [1.29, 1.82) is 0 Å². The van der Waals surface area contributed by atoms with Crippen LogP contribution in [0, 0.1) is 0 Å². The van der Waals surface area contributed by atoms with E-state index in [0.717, 1.165) is 12.3 Å². The summed E-state index contributed by atoms with van der Waals surface area (Å²) in [5, 5.41) is 0. The molecule has 0 amide bonds. The number of aliphatic imine (C=N–C) groups is 1. The summed E-state index contributed by atoms with van der Waals surface area (Å²) in [4.78, 5) is 4.20. The van der Waals surface area contributed by atoms with Crippen molar-refractivity contribution >= 4 is 5.84 Å². The quantitative estimate of drug-likeness (QED) is 0.418. The number of amidine groups is 1. The first-order valence-electron chi connectivity index (χ1n) is 3.15. The molecule has 1 rings (SSSR count). The zero-order valence-electron chi connectivity index (χ0n) is 5.22. The van der Waals surface area contributed by atoms with Crippen molar-refractivity contribution in [2.45, 2.75) is 32.2 Å². The van der Waals surface area contributed by atoms with Crippen LogP contribution in [0.5, 0.6) is 0 Å². The molecule has 1 aliphatic rings. The highest BCUT2D eigenvalue weighted by Gasteiger charge is 2.19. The molecule has 2 nitrogen and oxygen atoms in total. The van der Waals surface area contributed by atoms with Gasteiger partial charge in [-0.2, -0.15) is 0 Å². The van der Waals surface area contributed by atoms with Crippen LogP contribution in [0.2, 0.25) is 0 Å². The van der Waals surface area contributed by atoms with E-state index in [1.54, 1.807) is 0 Å². The summed E-state index contributed by atoms with van der Waals surface area (Å²) in [6.07, 6.45) is 3.40. The third-order valence-corrected chi connectivity index (χ3v) is 1.26. The molecular weight excluding hydrogens is 100 g/mol. The van der Waals surface area contributed by atoms with Gasteiger partial charge in [0.25, 0.3) is 0 Å². The standard InChI is InChI=1S/C6H12N2/c1-2-6(7)8-5-3-4-5/h5H,2-4H2,1H3,(H2,7,8). The van der Waals surface area contributed by atoms with Crippen molar-refractivity contribution < 1.29 is 0 Å². The van der Waals surface area contributed by atoms with Crippen molar-refractivity contribution in [3.05, 3.63) is 0 Å². The highest BCUT2D eigenvalue weighted by Crippen LogP contribution is 2.23. The second-order valence-corrected chi connectivity index (χ2v) is 2.21. The molecule has 0 aromatic rings. The van der Waals surface area contributed by atoms with Gasteiger partial charge >= 0.3 is 0 Å². The lowest BCUT2D eigenvalue weighted by atomic mass is 10.4. The van der Waals surface area contributed by atoms with Gasteiger partial charge in [0.2, 0.25) is 0 Å². The minimum Gasteiger partial charge on any atom is -0.387 e. The van der Waals surface area contributed by atoms with Gasteiger partial charge in [-0.05, 0) is 12.8 Å². The van der Waals surface area contributed by atoms with Gasteiger partial charge in [0.1, 0.15) is 0 Å². The first-order chi connectivity index (χ1) is 3.83. The number of nitrogens with zero attached hydrogens (tertiary/aromatic N) is 1. The molecule has 46 valence electrons. The third kappa shape index (κ3) is 1.52. The summed E-state index contributed by atoms with van der Waals surface area (Å²) >= 11 is 0. The lowest BCUT2D eigenvalue weighted by Crippen LogP contribution is -2.10. The van der Waals surface area contributed by atoms with Crippen molar-refractivity contribution in [3.8, 4) is 0 Å². The minimum atomic E-state index is 0.593. The zero-order valence-corrected chi connectivity index (χ0v) is 5.22. The van der Waals surface area contributed by atoms with E-state index in [2.05, 4.69) is 4.99 Å². The molecular formula is C6H12N2. The predicted molar refractivity (Wildman–Crippen MR) is 34.9 cm³/mol. The molecule has 0 unspecified atom stereocenters. The maximum Gasteiger partial charge on any atom is 0.0937 e. The Labute approximate surface area is 49.8 Å². The number of rotatable bonds is 2. The SMILES string of the molecule is CCC(N)=NC1CC1. The Balaban J connectivity index is 2.27. The van der Waals surface area contributed by atoms with Crippen LogP contribution in [0.1, 0.15) is 26.2 Å². The first-order valence-corrected chi connectivity index (χ1v) is 3.15. The summed E-state index contributed by atoms with van der Waals surface area (Å²) in [6.45, 7) is 2.03. The second kappa shape index (κ2) is 2.16. The fourth-order valence-electron chi connectivity index (χ4n) is 0.529. The molecule has 0 radical (unpaired) electrons. The average Bonchev–Trinajstić information content (AvgIpc) is 2.50. The molecule has 1 fully saturated rings. The van der Waals surface area contributed by atoms with Crippen LogP contribution in [0.15, 0.2) is 4.99 Å². The Kier molecular flexibility index (Phi) is 1.51. The van der Waals surface area contributed by atoms with Crippen LogP contribution in [-0.2, 0) is 0 Å². The molecule has 0 bridgehead atoms. The van der Waals surface area contributed by atoms with E-state index in [1.807, 2.05) is 6.92 Å². The minimum absolute atomic E-state index is 0.593. The molecule has 0 aromatic carbocycles. The average molecular weight is 112 g/mol. The molecule has 0 saturated heterocycles. The van der Waals surface area contributed by atoms with E-state index in [9.17, 15) is 0 Å². The van der Waals surface area contributed by atoms with Crippen molar-refractivity contribution in [3.63, 3.8) is 0 Å². The summed E-state index contributed by atoms with van der Waals surface area (Å²) in [6, 6.07) is 0.593. The van der Waals surface area contributed by atoms with Gasteiger partial charge in [0.15, 0.2) is 0 Å². The van der Waals surface area contributed by atoms with E-state index in [0.29, 0.717) is 6.04 Å². The molecule has 2 heteroatoms. The highest BCUT2D eigenvalue weighted by atomic mass is 14.9. The maximum absolute atomic E-state index is 5.46. The van der Waals surface area contributed by atoms with E-state index in [-0.39, 0.29) is 0 Å². The molecule has 0 spiro atoms. The number of hydrogen-bond acceptors (Lipinski definition) is 1. The van der Waals surface area contributed by atoms with Gasteiger partial charge < -0.3 is 5.73 Å². The normalized spacial score (nSPS) is 21.4. The van der Waals surface area contributed by atoms with Crippen LogP contribution in [0.25, 0.3) is 0 Å². The molecule has 8 heavy (non-hydrogen) atoms. The Morgan fingerprint density at radius 3 is 2.75 bits per heavy atom. The number of hydrogen-bond donors (Lipinski definition) is 1. The Morgan fingerprint density at radius 2 is 2.38 bits per heavy atom. The van der Waals surface area contributed by atoms with Gasteiger partial charge in [-0.1, -0.05) is 6.92 Å². The van der Waals surface area contributed by atoms with Gasteiger partial charge in [0, 0.05) is 6.42 Å². The van der Waals surface area contributed by atoms with E-state index in [4.69, 9.17) is 5.73 Å². The molecule has 1 aliphatic carbocycles. The van der Waals surface area contributed by atoms with Crippen molar-refractivity contribution in [2.75, 3.05) is 0 Å². The molecule has 0 aliphatic heterocycles. The van der Waals surface area contributed by atoms with Gasteiger partial charge in [-0.25, -0.2) is 0 Å². The summed E-state index contributed by atoms with van der Waals surface area (Å²) in [5.41, 5.74) is 5.46. The molecule has 2 N–H and O–H groups in total. The third-order valence-electron chi connectivity index (χ3n) is 1.26. The zero-order chi connectivity index (χ0) is 5.98. The highest BCUT2D eigenvalue weighted by molar-refractivity contribution is 5.80. The summed E-state index contributed by atoms with van der Waals surface area (Å²) in [5.74, 6) is 0.813. The van der Waals surface area contributed by atoms with Gasteiger partial charge in [-0.15, -0.1) is 0 Å². The van der Waals surface area contributed by atoms with Crippen molar-refractivity contribution in [1.82, 2.24) is 0 Å². The van der Waals surface area contributed by atoms with E-state index >= 15 is 0 Å². The van der Waals surface area contributed by atoms with E-state index < -0.39 is 0 Å². The van der Waals surface area contributed by atoms with Crippen LogP contribution < -0.4 is 5.73 Å². The summed E-state index contributed by atoms with van der Waals surface area (Å²) < 4.78 is 0. The largest absolute Gasteiger partial charge is 0.387 e. The fraction of sp³-hybridized carbons (Fsp3) is 0.833. The lowest BCUT2D eigenvalue weighted by Gasteiger charge is -1.90. The maximum atomic E-state index is 5.46.